The van der Waals surface area contributed by atoms with Gasteiger partial charge in [-0.05, 0) is 19.4 Å². The van der Waals surface area contributed by atoms with E-state index in [0.29, 0.717) is 6.04 Å². The lowest BCUT2D eigenvalue weighted by Gasteiger charge is -2.14. The van der Waals surface area contributed by atoms with Gasteiger partial charge in [0.25, 0.3) is 0 Å². The van der Waals surface area contributed by atoms with Crippen molar-refractivity contribution < 1.29 is 0 Å². The molecule has 1 N–H and O–H groups in total. The molecule has 0 saturated heterocycles. The summed E-state index contributed by atoms with van der Waals surface area (Å²) in [4.78, 5) is 4.69. The largest absolute Gasteiger partial charge is 0.382 e. The maximum Gasteiger partial charge on any atom is 0.183 e. The maximum atomic E-state index is 4.69. The van der Waals surface area contributed by atoms with Crippen LogP contribution in [0.4, 0.5) is 5.69 Å². The molecule has 1 atom stereocenters. The Balaban J connectivity index is 2.14. The summed E-state index contributed by atoms with van der Waals surface area (Å²) >= 11 is 0. The molecule has 3 aromatic rings. The van der Waals surface area contributed by atoms with E-state index in [0.717, 1.165) is 34.4 Å². The van der Waals surface area contributed by atoms with Crippen molar-refractivity contribution in [3.63, 3.8) is 0 Å². The van der Waals surface area contributed by atoms with Gasteiger partial charge in [-0.15, -0.1) is 0 Å². The average Bonchev–Trinajstić information content (AvgIpc) is 2.88. The fourth-order valence-corrected chi connectivity index (χ4v) is 2.35. The van der Waals surface area contributed by atoms with E-state index in [4.69, 9.17) is 0 Å². The Morgan fingerprint density at radius 1 is 1.24 bits per heavy atom. The topological polar surface area (TPSA) is 42.7 Å². The van der Waals surface area contributed by atoms with Crippen LogP contribution in [0.5, 0.6) is 0 Å². The van der Waals surface area contributed by atoms with Crippen LogP contribution in [0, 0.1) is 0 Å². The molecule has 0 aliphatic heterocycles. The standard InChI is InChI=1S/C17H20N4/c1-4-12(2)18-16-10-15(13-8-6-5-7-9-13)19-17-14(16)11-21(3)20-17/h5-12,18H,4H2,1-3H3. The van der Waals surface area contributed by atoms with E-state index in [2.05, 4.69) is 47.4 Å². The molecule has 0 spiro atoms. The number of anilines is 1. The van der Waals surface area contributed by atoms with Crippen molar-refractivity contribution in [3.8, 4) is 11.3 Å². The molecule has 108 valence electrons. The predicted molar refractivity (Wildman–Crippen MR) is 87.3 cm³/mol. The first-order valence-electron chi connectivity index (χ1n) is 7.33. The number of hydrogen-bond donors (Lipinski definition) is 1. The summed E-state index contributed by atoms with van der Waals surface area (Å²) in [6.45, 7) is 4.36. The predicted octanol–water partition coefficient (Wildman–Crippen LogP) is 3.85. The summed E-state index contributed by atoms with van der Waals surface area (Å²) in [5.41, 5.74) is 3.94. The molecule has 1 unspecified atom stereocenters. The van der Waals surface area contributed by atoms with Gasteiger partial charge in [-0.3, -0.25) is 4.68 Å². The average molecular weight is 280 g/mol. The first-order chi connectivity index (χ1) is 10.2. The van der Waals surface area contributed by atoms with E-state index in [1.54, 1.807) is 0 Å². The molecule has 4 nitrogen and oxygen atoms in total. The number of hydrogen-bond acceptors (Lipinski definition) is 3. The first-order valence-corrected chi connectivity index (χ1v) is 7.33. The molecule has 0 radical (unpaired) electrons. The number of nitrogens with zero attached hydrogens (tertiary/aromatic N) is 3. The quantitative estimate of drug-likeness (QED) is 0.789. The van der Waals surface area contributed by atoms with Gasteiger partial charge in [-0.1, -0.05) is 37.3 Å². The molecule has 3 rings (SSSR count). The van der Waals surface area contributed by atoms with E-state index < -0.39 is 0 Å². The van der Waals surface area contributed by atoms with Gasteiger partial charge in [-0.2, -0.15) is 5.10 Å². The fraction of sp³-hybridized carbons (Fsp3) is 0.294. The normalized spacial score (nSPS) is 12.5. The van der Waals surface area contributed by atoms with Crippen LogP contribution < -0.4 is 5.32 Å². The Bertz CT molecular complexity index is 746. The van der Waals surface area contributed by atoms with Crippen LogP contribution in [0.25, 0.3) is 22.3 Å². The van der Waals surface area contributed by atoms with Crippen LogP contribution >= 0.6 is 0 Å². The van der Waals surface area contributed by atoms with Crippen LogP contribution in [0.15, 0.2) is 42.6 Å². The maximum absolute atomic E-state index is 4.69. The third-order valence-electron chi connectivity index (χ3n) is 3.69. The Labute approximate surface area is 124 Å². The molecule has 2 heterocycles. The number of pyridine rings is 1. The molecular weight excluding hydrogens is 260 g/mol. The highest BCUT2D eigenvalue weighted by molar-refractivity contribution is 5.91. The van der Waals surface area contributed by atoms with Crippen LogP contribution in [-0.4, -0.2) is 20.8 Å². The van der Waals surface area contributed by atoms with Gasteiger partial charge in [0.15, 0.2) is 5.65 Å². The van der Waals surface area contributed by atoms with Gasteiger partial charge < -0.3 is 5.32 Å². The fourth-order valence-electron chi connectivity index (χ4n) is 2.35. The number of aromatic nitrogens is 3. The lowest BCUT2D eigenvalue weighted by molar-refractivity contribution is 0.765. The van der Waals surface area contributed by atoms with Crippen LogP contribution in [-0.2, 0) is 7.05 Å². The lowest BCUT2D eigenvalue weighted by atomic mass is 10.1. The van der Waals surface area contributed by atoms with Gasteiger partial charge in [0.2, 0.25) is 0 Å². The highest BCUT2D eigenvalue weighted by Crippen LogP contribution is 2.28. The Morgan fingerprint density at radius 3 is 2.71 bits per heavy atom. The zero-order valence-corrected chi connectivity index (χ0v) is 12.7. The van der Waals surface area contributed by atoms with Gasteiger partial charge in [0, 0.05) is 30.5 Å². The van der Waals surface area contributed by atoms with Crippen molar-refractivity contribution >= 4 is 16.7 Å². The molecule has 1 aromatic carbocycles. The van der Waals surface area contributed by atoms with E-state index in [1.165, 1.54) is 0 Å². The summed E-state index contributed by atoms with van der Waals surface area (Å²) in [5, 5.41) is 9.09. The first kappa shape index (κ1) is 13.6. The van der Waals surface area contributed by atoms with Crippen LogP contribution in [0.1, 0.15) is 20.3 Å². The number of fused-ring (bicyclic) bond motifs is 1. The van der Waals surface area contributed by atoms with E-state index in [1.807, 2.05) is 36.1 Å². The van der Waals surface area contributed by atoms with Crippen molar-refractivity contribution in [3.05, 3.63) is 42.6 Å². The van der Waals surface area contributed by atoms with Crippen molar-refractivity contribution in [2.45, 2.75) is 26.3 Å². The van der Waals surface area contributed by atoms with Crippen LogP contribution in [0.3, 0.4) is 0 Å². The molecular formula is C17H20N4. The Kier molecular flexibility index (Phi) is 3.60. The summed E-state index contributed by atoms with van der Waals surface area (Å²) in [7, 11) is 1.93. The zero-order valence-electron chi connectivity index (χ0n) is 12.7. The third kappa shape index (κ3) is 2.75. The molecule has 0 bridgehead atoms. The van der Waals surface area contributed by atoms with Gasteiger partial charge in [0.05, 0.1) is 11.1 Å². The molecule has 4 heteroatoms. The molecule has 0 aliphatic rings. The summed E-state index contributed by atoms with van der Waals surface area (Å²) in [6.07, 6.45) is 3.09. The SMILES string of the molecule is CCC(C)Nc1cc(-c2ccccc2)nc2nn(C)cc12. The molecule has 0 aliphatic carbocycles. The van der Waals surface area contributed by atoms with Crippen molar-refractivity contribution in [1.82, 2.24) is 14.8 Å². The number of nitrogens with one attached hydrogen (secondary N) is 1. The minimum absolute atomic E-state index is 0.416. The third-order valence-corrected chi connectivity index (χ3v) is 3.69. The number of rotatable bonds is 4. The van der Waals surface area contributed by atoms with E-state index in [-0.39, 0.29) is 0 Å². The smallest absolute Gasteiger partial charge is 0.183 e. The van der Waals surface area contributed by atoms with Crippen molar-refractivity contribution in [2.75, 3.05) is 5.32 Å². The van der Waals surface area contributed by atoms with Crippen LogP contribution in [0.2, 0.25) is 0 Å². The number of benzene rings is 1. The highest BCUT2D eigenvalue weighted by atomic mass is 15.3. The second-order valence-electron chi connectivity index (χ2n) is 5.41. The second kappa shape index (κ2) is 5.56. The summed E-state index contributed by atoms with van der Waals surface area (Å²) in [6, 6.07) is 12.8. The molecule has 2 aromatic heterocycles. The minimum atomic E-state index is 0.416. The lowest BCUT2D eigenvalue weighted by Crippen LogP contribution is -2.13. The second-order valence-corrected chi connectivity index (χ2v) is 5.41. The zero-order chi connectivity index (χ0) is 14.8. The van der Waals surface area contributed by atoms with Crippen molar-refractivity contribution in [1.29, 1.82) is 0 Å². The van der Waals surface area contributed by atoms with E-state index >= 15 is 0 Å². The minimum Gasteiger partial charge on any atom is -0.382 e. The molecule has 0 fully saturated rings. The summed E-state index contributed by atoms with van der Waals surface area (Å²) in [5.74, 6) is 0. The van der Waals surface area contributed by atoms with E-state index in [9.17, 15) is 0 Å². The monoisotopic (exact) mass is 280 g/mol. The van der Waals surface area contributed by atoms with Gasteiger partial charge >= 0.3 is 0 Å². The Hall–Kier alpha value is -2.36. The Morgan fingerprint density at radius 2 is 2.00 bits per heavy atom. The summed E-state index contributed by atoms with van der Waals surface area (Å²) < 4.78 is 1.81. The molecule has 0 saturated carbocycles. The van der Waals surface area contributed by atoms with Crippen molar-refractivity contribution in [2.24, 2.45) is 7.05 Å². The van der Waals surface area contributed by atoms with Gasteiger partial charge in [0.1, 0.15) is 0 Å². The number of aryl methyl sites for hydroxylation is 1. The molecule has 21 heavy (non-hydrogen) atoms. The molecule has 0 amide bonds. The van der Waals surface area contributed by atoms with Gasteiger partial charge in [-0.25, -0.2) is 4.98 Å². The highest BCUT2D eigenvalue weighted by Gasteiger charge is 2.11.